The first-order chi connectivity index (χ1) is 11.2. The summed E-state index contributed by atoms with van der Waals surface area (Å²) in [6.45, 7) is 0.686. The molecule has 1 fully saturated rings. The maximum absolute atomic E-state index is 13.1. The lowest BCUT2D eigenvalue weighted by Crippen LogP contribution is -2.30. The topological polar surface area (TPSA) is 50.5 Å². The number of amides is 1. The van der Waals surface area contributed by atoms with Gasteiger partial charge in [0.1, 0.15) is 11.4 Å². The summed E-state index contributed by atoms with van der Waals surface area (Å²) >= 11 is 0. The summed E-state index contributed by atoms with van der Waals surface area (Å²) in [5, 5.41) is 4.18. The second-order valence-corrected chi connectivity index (χ2v) is 5.65. The Morgan fingerprint density at radius 1 is 1.26 bits per heavy atom. The number of fused-ring (bicyclic) bond motifs is 1. The number of nitrogens with zero attached hydrogens (tertiary/aromatic N) is 4. The van der Waals surface area contributed by atoms with E-state index in [1.807, 2.05) is 4.90 Å². The highest BCUT2D eigenvalue weighted by molar-refractivity contribution is 6.00. The van der Waals surface area contributed by atoms with E-state index in [9.17, 15) is 9.18 Å². The van der Waals surface area contributed by atoms with Crippen LogP contribution in [-0.4, -0.2) is 31.9 Å². The number of rotatable bonds is 2. The van der Waals surface area contributed by atoms with Crippen molar-refractivity contribution in [2.75, 3.05) is 6.54 Å². The van der Waals surface area contributed by atoms with Gasteiger partial charge >= 0.3 is 0 Å². The molecule has 0 bridgehead atoms. The molecule has 0 spiro atoms. The van der Waals surface area contributed by atoms with Gasteiger partial charge in [0.15, 0.2) is 5.65 Å². The Kier molecular flexibility index (Phi) is 3.29. The standard InChI is InChI=1S/C17H15FN4O/c18-13-6-4-12(5-7-13)15-3-1-9-21(15)17(23)14-11-20-22-10-2-8-19-16(14)22/h2,4-8,10-11,15H,1,3,9H2/t15-/m0/s1. The fourth-order valence-corrected chi connectivity index (χ4v) is 3.17. The first kappa shape index (κ1) is 13.9. The minimum atomic E-state index is -0.267. The molecule has 4 rings (SSSR count). The van der Waals surface area contributed by atoms with Crippen LogP contribution in [0, 0.1) is 5.82 Å². The van der Waals surface area contributed by atoms with E-state index in [1.54, 1.807) is 41.3 Å². The number of aromatic nitrogens is 3. The second-order valence-electron chi connectivity index (χ2n) is 5.65. The highest BCUT2D eigenvalue weighted by atomic mass is 19.1. The third kappa shape index (κ3) is 2.36. The van der Waals surface area contributed by atoms with Crippen molar-refractivity contribution in [2.45, 2.75) is 18.9 Å². The number of benzene rings is 1. The molecule has 23 heavy (non-hydrogen) atoms. The average Bonchev–Trinajstić information content (AvgIpc) is 3.22. The van der Waals surface area contributed by atoms with Gasteiger partial charge in [0.25, 0.3) is 5.91 Å². The van der Waals surface area contributed by atoms with E-state index in [0.29, 0.717) is 17.8 Å². The maximum atomic E-state index is 13.1. The molecule has 1 amide bonds. The number of halogens is 1. The summed E-state index contributed by atoms with van der Waals surface area (Å²) in [5.41, 5.74) is 2.02. The molecule has 116 valence electrons. The van der Waals surface area contributed by atoms with Gasteiger partial charge in [-0.15, -0.1) is 0 Å². The lowest BCUT2D eigenvalue weighted by atomic mass is 10.0. The van der Waals surface area contributed by atoms with Crippen LogP contribution in [0.25, 0.3) is 5.65 Å². The fraction of sp³-hybridized carbons (Fsp3) is 0.235. The molecule has 0 saturated carbocycles. The quantitative estimate of drug-likeness (QED) is 0.731. The van der Waals surface area contributed by atoms with Crippen LogP contribution in [0.1, 0.15) is 34.8 Å². The zero-order valence-electron chi connectivity index (χ0n) is 12.4. The Morgan fingerprint density at radius 2 is 2.09 bits per heavy atom. The van der Waals surface area contributed by atoms with Gasteiger partial charge in [-0.1, -0.05) is 12.1 Å². The van der Waals surface area contributed by atoms with Crippen molar-refractivity contribution in [3.05, 3.63) is 65.9 Å². The molecule has 1 aliphatic heterocycles. The maximum Gasteiger partial charge on any atom is 0.259 e. The zero-order chi connectivity index (χ0) is 15.8. The lowest BCUT2D eigenvalue weighted by Gasteiger charge is -2.24. The van der Waals surface area contributed by atoms with Gasteiger partial charge < -0.3 is 4.90 Å². The van der Waals surface area contributed by atoms with Crippen molar-refractivity contribution in [1.82, 2.24) is 19.5 Å². The summed E-state index contributed by atoms with van der Waals surface area (Å²) in [6.07, 6.45) is 6.78. The molecule has 1 atom stereocenters. The number of carbonyl (C=O) groups is 1. The van der Waals surface area contributed by atoms with Crippen LogP contribution in [0.4, 0.5) is 4.39 Å². The van der Waals surface area contributed by atoms with E-state index in [2.05, 4.69) is 10.1 Å². The number of likely N-dealkylation sites (tertiary alicyclic amines) is 1. The minimum absolute atomic E-state index is 0.0261. The Labute approximate surface area is 132 Å². The molecule has 6 heteroatoms. The molecule has 2 aromatic heterocycles. The third-order valence-electron chi connectivity index (χ3n) is 4.28. The molecule has 5 nitrogen and oxygen atoms in total. The van der Waals surface area contributed by atoms with Crippen molar-refractivity contribution < 1.29 is 9.18 Å². The van der Waals surface area contributed by atoms with Gasteiger partial charge in [-0.3, -0.25) is 4.79 Å². The van der Waals surface area contributed by atoms with E-state index in [4.69, 9.17) is 0 Å². The van der Waals surface area contributed by atoms with E-state index in [-0.39, 0.29) is 17.8 Å². The van der Waals surface area contributed by atoms with Gasteiger partial charge in [-0.05, 0) is 36.6 Å². The number of carbonyl (C=O) groups excluding carboxylic acids is 1. The van der Waals surface area contributed by atoms with E-state index >= 15 is 0 Å². The highest BCUT2D eigenvalue weighted by Crippen LogP contribution is 2.33. The van der Waals surface area contributed by atoms with Crippen LogP contribution in [0.15, 0.2) is 48.9 Å². The molecule has 0 unspecified atom stereocenters. The predicted octanol–water partition coefficient (Wildman–Crippen LogP) is 2.85. The van der Waals surface area contributed by atoms with Crippen LogP contribution in [0.2, 0.25) is 0 Å². The second kappa shape index (κ2) is 5.46. The van der Waals surface area contributed by atoms with Crippen LogP contribution in [0.3, 0.4) is 0 Å². The highest BCUT2D eigenvalue weighted by Gasteiger charge is 2.32. The van der Waals surface area contributed by atoms with Crippen LogP contribution in [0.5, 0.6) is 0 Å². The predicted molar refractivity (Wildman–Crippen MR) is 82.4 cm³/mol. The molecule has 3 aromatic rings. The minimum Gasteiger partial charge on any atom is -0.331 e. The van der Waals surface area contributed by atoms with Gasteiger partial charge in [0, 0.05) is 18.9 Å². The number of hydrogen-bond acceptors (Lipinski definition) is 3. The monoisotopic (exact) mass is 310 g/mol. The summed E-state index contributed by atoms with van der Waals surface area (Å²) in [6, 6.07) is 8.12. The molecule has 1 aromatic carbocycles. The van der Waals surface area contributed by atoms with Crippen molar-refractivity contribution in [2.24, 2.45) is 0 Å². The van der Waals surface area contributed by atoms with E-state index in [1.165, 1.54) is 12.1 Å². The lowest BCUT2D eigenvalue weighted by molar-refractivity contribution is 0.0737. The van der Waals surface area contributed by atoms with Gasteiger partial charge in [0.05, 0.1) is 12.2 Å². The normalized spacial score (nSPS) is 17.8. The molecule has 3 heterocycles. The van der Waals surface area contributed by atoms with Crippen molar-refractivity contribution >= 4 is 11.6 Å². The van der Waals surface area contributed by atoms with Gasteiger partial charge in [-0.25, -0.2) is 13.9 Å². The van der Waals surface area contributed by atoms with Crippen molar-refractivity contribution in [3.8, 4) is 0 Å². The fourth-order valence-electron chi connectivity index (χ4n) is 3.17. The molecule has 0 N–H and O–H groups in total. The largest absolute Gasteiger partial charge is 0.331 e. The van der Waals surface area contributed by atoms with E-state index < -0.39 is 0 Å². The van der Waals surface area contributed by atoms with Gasteiger partial charge in [0.2, 0.25) is 0 Å². The smallest absolute Gasteiger partial charge is 0.259 e. The average molecular weight is 310 g/mol. The Hall–Kier alpha value is -2.76. The Balaban J connectivity index is 1.68. The summed E-state index contributed by atoms with van der Waals surface area (Å²) in [5.74, 6) is -0.345. The van der Waals surface area contributed by atoms with Crippen LogP contribution >= 0.6 is 0 Å². The van der Waals surface area contributed by atoms with Crippen molar-refractivity contribution in [3.63, 3.8) is 0 Å². The van der Waals surface area contributed by atoms with Gasteiger partial charge in [-0.2, -0.15) is 5.10 Å². The first-order valence-corrected chi connectivity index (χ1v) is 7.59. The summed E-state index contributed by atoms with van der Waals surface area (Å²) in [4.78, 5) is 19.0. The van der Waals surface area contributed by atoms with Crippen molar-refractivity contribution in [1.29, 1.82) is 0 Å². The first-order valence-electron chi connectivity index (χ1n) is 7.59. The zero-order valence-corrected chi connectivity index (χ0v) is 12.4. The third-order valence-corrected chi connectivity index (χ3v) is 4.28. The molecule has 1 saturated heterocycles. The number of hydrogen-bond donors (Lipinski definition) is 0. The van der Waals surface area contributed by atoms with Crippen LogP contribution in [-0.2, 0) is 0 Å². The molecular formula is C17H15FN4O. The molecule has 1 aliphatic rings. The molecular weight excluding hydrogens is 295 g/mol. The molecule has 0 radical (unpaired) electrons. The molecule has 0 aliphatic carbocycles. The van der Waals surface area contributed by atoms with E-state index in [0.717, 1.165) is 18.4 Å². The summed E-state index contributed by atoms with van der Waals surface area (Å²) < 4.78 is 14.7. The Bertz CT molecular complexity index is 858. The summed E-state index contributed by atoms with van der Waals surface area (Å²) in [7, 11) is 0. The van der Waals surface area contributed by atoms with Crippen LogP contribution < -0.4 is 0 Å². The SMILES string of the molecule is O=C(c1cnn2cccnc12)N1CCC[C@H]1c1ccc(F)cc1. The Morgan fingerprint density at radius 3 is 2.91 bits per heavy atom.